The molecule has 1 atom stereocenters. The molecule has 1 aromatic heterocycles. The van der Waals surface area contributed by atoms with Crippen LogP contribution < -0.4 is 0 Å². The minimum Gasteiger partial charge on any atom is -0.508 e. The number of nitrogens with zero attached hydrogens (tertiary/aromatic N) is 3. The van der Waals surface area contributed by atoms with Crippen LogP contribution in [0.15, 0.2) is 22.7 Å². The average Bonchev–Trinajstić information content (AvgIpc) is 2.91. The summed E-state index contributed by atoms with van der Waals surface area (Å²) in [5, 5.41) is 13.7. The zero-order valence-electron chi connectivity index (χ0n) is 11.5. The highest BCUT2D eigenvalue weighted by atomic mass is 16.5. The number of phenolic OH excluding ortho intramolecular Hbond substituents is 1. The van der Waals surface area contributed by atoms with Gasteiger partial charge in [-0.15, -0.1) is 0 Å². The van der Waals surface area contributed by atoms with E-state index in [1.54, 1.807) is 12.1 Å². The van der Waals surface area contributed by atoms with E-state index in [0.29, 0.717) is 18.3 Å². The van der Waals surface area contributed by atoms with E-state index < -0.39 is 0 Å². The molecule has 1 saturated heterocycles. The van der Waals surface area contributed by atoms with E-state index in [0.717, 1.165) is 24.2 Å². The third-order valence-corrected chi connectivity index (χ3v) is 3.53. The van der Waals surface area contributed by atoms with E-state index in [-0.39, 0.29) is 11.9 Å². The number of ether oxygens (including phenoxy) is 1. The summed E-state index contributed by atoms with van der Waals surface area (Å²) in [4.78, 5) is 6.57. The molecule has 0 bridgehead atoms. The first kappa shape index (κ1) is 13.1. The number of morpholine rings is 1. The van der Waals surface area contributed by atoms with Crippen molar-refractivity contribution in [2.75, 3.05) is 26.7 Å². The third kappa shape index (κ3) is 2.39. The summed E-state index contributed by atoms with van der Waals surface area (Å²) in [6.45, 7) is 4.14. The van der Waals surface area contributed by atoms with Gasteiger partial charge in [0.15, 0.2) is 0 Å². The highest BCUT2D eigenvalue weighted by molar-refractivity contribution is 5.61. The Balaban J connectivity index is 1.88. The van der Waals surface area contributed by atoms with Crippen molar-refractivity contribution in [1.82, 2.24) is 15.0 Å². The van der Waals surface area contributed by atoms with Crippen LogP contribution in [0.5, 0.6) is 5.75 Å². The molecule has 1 fully saturated rings. The molecular weight excluding hydrogens is 258 g/mol. The van der Waals surface area contributed by atoms with Crippen LogP contribution in [0.1, 0.15) is 17.5 Å². The van der Waals surface area contributed by atoms with Gasteiger partial charge in [-0.3, -0.25) is 0 Å². The first-order chi connectivity index (χ1) is 9.65. The lowest BCUT2D eigenvalue weighted by Gasteiger charge is -2.27. The Kier molecular flexibility index (Phi) is 3.42. The summed E-state index contributed by atoms with van der Waals surface area (Å²) in [5.74, 6) is 1.18. The molecule has 1 unspecified atom stereocenters. The molecule has 0 aliphatic carbocycles. The van der Waals surface area contributed by atoms with Gasteiger partial charge >= 0.3 is 0 Å². The third-order valence-electron chi connectivity index (χ3n) is 3.53. The van der Waals surface area contributed by atoms with Crippen molar-refractivity contribution in [1.29, 1.82) is 0 Å². The predicted octanol–water partition coefficient (Wildman–Crippen LogP) is 1.75. The van der Waals surface area contributed by atoms with Crippen LogP contribution in [0.3, 0.4) is 0 Å². The molecule has 1 N–H and O–H groups in total. The molecule has 106 valence electrons. The largest absolute Gasteiger partial charge is 0.508 e. The van der Waals surface area contributed by atoms with Crippen LogP contribution in [0.2, 0.25) is 0 Å². The van der Waals surface area contributed by atoms with Crippen LogP contribution in [0.4, 0.5) is 0 Å². The molecule has 0 saturated carbocycles. The molecular formula is C14H17N3O3. The summed E-state index contributed by atoms with van der Waals surface area (Å²) >= 11 is 0. The number of benzene rings is 1. The monoisotopic (exact) mass is 275 g/mol. The Hall–Kier alpha value is -1.92. The Morgan fingerprint density at radius 2 is 2.25 bits per heavy atom. The summed E-state index contributed by atoms with van der Waals surface area (Å²) in [6, 6.07) is 5.24. The van der Waals surface area contributed by atoms with E-state index in [2.05, 4.69) is 15.0 Å². The second-order valence-corrected chi connectivity index (χ2v) is 5.03. The normalized spacial score (nSPS) is 20.2. The zero-order chi connectivity index (χ0) is 14.1. The van der Waals surface area contributed by atoms with Crippen molar-refractivity contribution in [2.45, 2.75) is 13.0 Å². The SMILES string of the molecule is Cc1c(O)cccc1-c1nc(C2CN(C)CCO2)no1. The van der Waals surface area contributed by atoms with E-state index in [1.165, 1.54) is 0 Å². The van der Waals surface area contributed by atoms with Crippen LogP contribution in [-0.2, 0) is 4.74 Å². The maximum absolute atomic E-state index is 9.73. The molecule has 1 aromatic carbocycles. The van der Waals surface area contributed by atoms with Crippen molar-refractivity contribution in [3.05, 3.63) is 29.6 Å². The van der Waals surface area contributed by atoms with Gasteiger partial charge in [0.2, 0.25) is 5.82 Å². The predicted molar refractivity (Wildman–Crippen MR) is 72.3 cm³/mol. The van der Waals surface area contributed by atoms with Gasteiger partial charge in [-0.05, 0) is 26.1 Å². The number of likely N-dealkylation sites (N-methyl/N-ethyl adjacent to an activating group) is 1. The lowest BCUT2D eigenvalue weighted by atomic mass is 10.1. The lowest BCUT2D eigenvalue weighted by Crippen LogP contribution is -2.35. The van der Waals surface area contributed by atoms with Crippen molar-refractivity contribution in [3.63, 3.8) is 0 Å². The minimum absolute atomic E-state index is 0.163. The van der Waals surface area contributed by atoms with Gasteiger partial charge in [0.1, 0.15) is 11.9 Å². The van der Waals surface area contributed by atoms with E-state index in [4.69, 9.17) is 9.26 Å². The zero-order valence-corrected chi connectivity index (χ0v) is 11.5. The van der Waals surface area contributed by atoms with Crippen molar-refractivity contribution >= 4 is 0 Å². The number of aromatic nitrogens is 2. The molecule has 2 aromatic rings. The summed E-state index contributed by atoms with van der Waals surface area (Å²) in [7, 11) is 2.04. The van der Waals surface area contributed by atoms with Crippen molar-refractivity contribution < 1.29 is 14.4 Å². The molecule has 0 amide bonds. The summed E-state index contributed by atoms with van der Waals surface area (Å²) < 4.78 is 11.0. The van der Waals surface area contributed by atoms with Gasteiger partial charge in [0.05, 0.1) is 6.61 Å². The summed E-state index contributed by atoms with van der Waals surface area (Å²) in [5.41, 5.74) is 1.47. The minimum atomic E-state index is -0.163. The molecule has 1 aliphatic heterocycles. The van der Waals surface area contributed by atoms with Crippen LogP contribution >= 0.6 is 0 Å². The molecule has 2 heterocycles. The number of hydrogen-bond acceptors (Lipinski definition) is 6. The highest BCUT2D eigenvalue weighted by Gasteiger charge is 2.25. The Morgan fingerprint density at radius 1 is 1.40 bits per heavy atom. The molecule has 20 heavy (non-hydrogen) atoms. The van der Waals surface area contributed by atoms with Gasteiger partial charge in [0.25, 0.3) is 5.89 Å². The van der Waals surface area contributed by atoms with E-state index in [1.807, 2.05) is 20.0 Å². The maximum Gasteiger partial charge on any atom is 0.258 e. The van der Waals surface area contributed by atoms with E-state index >= 15 is 0 Å². The van der Waals surface area contributed by atoms with Gasteiger partial charge in [-0.2, -0.15) is 4.98 Å². The van der Waals surface area contributed by atoms with Gasteiger partial charge in [0, 0.05) is 24.2 Å². The van der Waals surface area contributed by atoms with Crippen molar-refractivity contribution in [2.24, 2.45) is 0 Å². The Morgan fingerprint density at radius 3 is 3.05 bits per heavy atom. The molecule has 3 rings (SSSR count). The van der Waals surface area contributed by atoms with Crippen LogP contribution in [-0.4, -0.2) is 46.9 Å². The van der Waals surface area contributed by atoms with Crippen molar-refractivity contribution in [3.8, 4) is 17.2 Å². The molecule has 6 heteroatoms. The number of phenols is 1. The highest BCUT2D eigenvalue weighted by Crippen LogP contribution is 2.29. The topological polar surface area (TPSA) is 71.6 Å². The molecule has 0 radical (unpaired) electrons. The second-order valence-electron chi connectivity index (χ2n) is 5.03. The quantitative estimate of drug-likeness (QED) is 0.900. The molecule has 6 nitrogen and oxygen atoms in total. The van der Waals surface area contributed by atoms with Gasteiger partial charge in [-0.25, -0.2) is 0 Å². The van der Waals surface area contributed by atoms with E-state index in [9.17, 15) is 5.11 Å². The van der Waals surface area contributed by atoms with Crippen LogP contribution in [0, 0.1) is 6.92 Å². The van der Waals surface area contributed by atoms with Crippen LogP contribution in [0.25, 0.3) is 11.5 Å². The molecule has 0 spiro atoms. The number of rotatable bonds is 2. The Labute approximate surface area is 117 Å². The maximum atomic E-state index is 9.73. The number of aromatic hydroxyl groups is 1. The lowest BCUT2D eigenvalue weighted by molar-refractivity contribution is -0.0264. The second kappa shape index (κ2) is 5.22. The molecule has 1 aliphatic rings. The first-order valence-electron chi connectivity index (χ1n) is 6.58. The fourth-order valence-corrected chi connectivity index (χ4v) is 2.26. The standard InChI is InChI=1S/C14H17N3O3/c1-9-10(4-3-5-11(9)18)14-15-13(16-20-14)12-8-17(2)6-7-19-12/h3-5,12,18H,6-8H2,1-2H3. The Bertz CT molecular complexity index is 611. The van der Waals surface area contributed by atoms with Gasteiger partial charge in [-0.1, -0.05) is 11.2 Å². The summed E-state index contributed by atoms with van der Waals surface area (Å²) in [6.07, 6.45) is -0.163. The van der Waals surface area contributed by atoms with Gasteiger partial charge < -0.3 is 19.3 Å². The first-order valence-corrected chi connectivity index (χ1v) is 6.58. The number of hydrogen-bond donors (Lipinski definition) is 1. The average molecular weight is 275 g/mol. The fraction of sp³-hybridized carbons (Fsp3) is 0.429. The fourth-order valence-electron chi connectivity index (χ4n) is 2.26. The smallest absolute Gasteiger partial charge is 0.258 e.